The molecule has 0 spiro atoms. The second-order valence-electron chi connectivity index (χ2n) is 11.9. The van der Waals surface area contributed by atoms with Crippen LogP contribution in [0.3, 0.4) is 0 Å². The van der Waals surface area contributed by atoms with Gasteiger partial charge in [0.15, 0.2) is 0 Å². The Balaban J connectivity index is 1.30. The van der Waals surface area contributed by atoms with Gasteiger partial charge < -0.3 is 9.13 Å². The maximum atomic E-state index is 10.5. The molecule has 0 atom stereocenters. The SMILES string of the molecule is N#Cc1cccc(-c2ccccc2-c2cccc(-n3c4ccccc4c4c(C#N)cccc43)c2)c1-n1c2ccccc2c2ccccc21. The highest BCUT2D eigenvalue weighted by Crippen LogP contribution is 2.42. The molecule has 7 aromatic carbocycles. The molecule has 48 heavy (non-hydrogen) atoms. The van der Waals surface area contributed by atoms with Crippen molar-refractivity contribution in [1.82, 2.24) is 9.13 Å². The van der Waals surface area contributed by atoms with E-state index in [0.717, 1.165) is 77.2 Å². The first kappa shape index (κ1) is 27.4. The van der Waals surface area contributed by atoms with Gasteiger partial charge in [0.1, 0.15) is 6.07 Å². The molecular weight excluding hydrogens is 585 g/mol. The molecule has 2 heterocycles. The molecule has 222 valence electrons. The summed E-state index contributed by atoms with van der Waals surface area (Å²) < 4.78 is 4.49. The van der Waals surface area contributed by atoms with E-state index in [1.165, 1.54) is 0 Å². The molecule has 2 aromatic heterocycles. The molecule has 0 aliphatic rings. The standard InChI is InChI=1S/C44H26N4/c45-27-30-13-11-25-42-43(30)38-20-5-8-24-41(38)47(42)32-15-9-12-29(26-32)33-16-1-2-17-34(33)37-21-10-14-31(28-46)44(37)48-39-22-6-3-18-35(39)36-19-4-7-23-40(36)48/h1-26H. The lowest BCUT2D eigenvalue weighted by Gasteiger charge is -2.18. The summed E-state index contributed by atoms with van der Waals surface area (Å²) in [6.45, 7) is 0. The number of para-hydroxylation sites is 4. The quantitative estimate of drug-likeness (QED) is 0.199. The molecule has 0 aliphatic carbocycles. The summed E-state index contributed by atoms with van der Waals surface area (Å²) in [5.74, 6) is 0. The van der Waals surface area contributed by atoms with E-state index in [1.54, 1.807) is 0 Å². The third kappa shape index (κ3) is 4.01. The normalized spacial score (nSPS) is 11.3. The Kier molecular flexibility index (Phi) is 6.22. The molecule has 0 unspecified atom stereocenters. The molecule has 0 bridgehead atoms. The van der Waals surface area contributed by atoms with E-state index in [-0.39, 0.29) is 0 Å². The fourth-order valence-corrected chi connectivity index (χ4v) is 7.43. The highest BCUT2D eigenvalue weighted by atomic mass is 15.0. The van der Waals surface area contributed by atoms with Crippen LogP contribution in [0.15, 0.2) is 158 Å². The van der Waals surface area contributed by atoms with E-state index in [0.29, 0.717) is 11.1 Å². The van der Waals surface area contributed by atoms with Crippen molar-refractivity contribution in [3.63, 3.8) is 0 Å². The number of fused-ring (bicyclic) bond motifs is 6. The third-order valence-electron chi connectivity index (χ3n) is 9.41. The summed E-state index contributed by atoms with van der Waals surface area (Å²) in [6, 6.07) is 58.9. The number of hydrogen-bond donors (Lipinski definition) is 0. The van der Waals surface area contributed by atoms with Crippen LogP contribution in [0, 0.1) is 22.7 Å². The van der Waals surface area contributed by atoms with E-state index in [1.807, 2.05) is 36.4 Å². The average Bonchev–Trinajstić information content (AvgIpc) is 3.67. The number of rotatable bonds is 4. The maximum Gasteiger partial charge on any atom is 0.101 e. The third-order valence-corrected chi connectivity index (χ3v) is 9.41. The molecule has 0 N–H and O–H groups in total. The summed E-state index contributed by atoms with van der Waals surface area (Å²) in [5.41, 5.74) is 11.5. The minimum Gasteiger partial charge on any atom is -0.309 e. The highest BCUT2D eigenvalue weighted by Gasteiger charge is 2.21. The predicted molar refractivity (Wildman–Crippen MR) is 195 cm³/mol. The molecule has 0 saturated heterocycles. The minimum absolute atomic E-state index is 0.612. The molecule has 4 nitrogen and oxygen atoms in total. The van der Waals surface area contributed by atoms with Crippen molar-refractivity contribution in [2.75, 3.05) is 0 Å². The van der Waals surface area contributed by atoms with Gasteiger partial charge >= 0.3 is 0 Å². The zero-order valence-electron chi connectivity index (χ0n) is 25.8. The molecule has 4 heteroatoms. The second kappa shape index (κ2) is 10.9. The van der Waals surface area contributed by atoms with Gasteiger partial charge in [-0.2, -0.15) is 10.5 Å². The van der Waals surface area contributed by atoms with Gasteiger partial charge in [-0.25, -0.2) is 0 Å². The molecule has 0 radical (unpaired) electrons. The molecule has 0 saturated carbocycles. The lowest BCUT2D eigenvalue weighted by molar-refractivity contribution is 1.17. The van der Waals surface area contributed by atoms with E-state index >= 15 is 0 Å². The van der Waals surface area contributed by atoms with Crippen LogP contribution >= 0.6 is 0 Å². The lowest BCUT2D eigenvalue weighted by Crippen LogP contribution is -2.01. The molecule has 0 amide bonds. The Bertz CT molecular complexity index is 2760. The van der Waals surface area contributed by atoms with Crippen LogP contribution in [0.1, 0.15) is 11.1 Å². The van der Waals surface area contributed by atoms with Crippen LogP contribution in [0.4, 0.5) is 0 Å². The van der Waals surface area contributed by atoms with Crippen molar-refractivity contribution < 1.29 is 0 Å². The van der Waals surface area contributed by atoms with Gasteiger partial charge in [0.2, 0.25) is 0 Å². The van der Waals surface area contributed by atoms with Gasteiger partial charge in [-0.3, -0.25) is 0 Å². The molecule has 9 rings (SSSR count). The van der Waals surface area contributed by atoms with Gasteiger partial charge in [-0.05, 0) is 65.2 Å². The van der Waals surface area contributed by atoms with E-state index in [4.69, 9.17) is 0 Å². The molecule has 0 fully saturated rings. The van der Waals surface area contributed by atoms with Gasteiger partial charge in [0.25, 0.3) is 0 Å². The van der Waals surface area contributed by atoms with Crippen LogP contribution in [-0.4, -0.2) is 9.13 Å². The number of aromatic nitrogens is 2. The van der Waals surface area contributed by atoms with Crippen molar-refractivity contribution in [1.29, 1.82) is 10.5 Å². The van der Waals surface area contributed by atoms with Gasteiger partial charge in [-0.1, -0.05) is 109 Å². The fraction of sp³-hybridized carbons (Fsp3) is 0. The van der Waals surface area contributed by atoms with Crippen LogP contribution < -0.4 is 0 Å². The lowest BCUT2D eigenvalue weighted by atomic mass is 9.92. The summed E-state index contributed by atoms with van der Waals surface area (Å²) >= 11 is 0. The zero-order chi connectivity index (χ0) is 32.2. The Hall–Kier alpha value is -6.88. The maximum absolute atomic E-state index is 10.5. The minimum atomic E-state index is 0.612. The molecule has 9 aromatic rings. The fourth-order valence-electron chi connectivity index (χ4n) is 7.43. The molecular formula is C44H26N4. The topological polar surface area (TPSA) is 57.4 Å². The summed E-state index contributed by atoms with van der Waals surface area (Å²) in [6.07, 6.45) is 0. The van der Waals surface area contributed by atoms with Gasteiger partial charge in [0, 0.05) is 32.8 Å². The molecule has 0 aliphatic heterocycles. The largest absolute Gasteiger partial charge is 0.309 e. The van der Waals surface area contributed by atoms with Crippen LogP contribution in [-0.2, 0) is 0 Å². The van der Waals surface area contributed by atoms with Gasteiger partial charge in [0.05, 0.1) is 45.0 Å². The Morgan fingerprint density at radius 2 is 0.917 bits per heavy atom. The zero-order valence-corrected chi connectivity index (χ0v) is 25.8. The Morgan fingerprint density at radius 1 is 0.396 bits per heavy atom. The Labute approximate surface area is 277 Å². The average molecular weight is 611 g/mol. The number of nitrogens with zero attached hydrogens (tertiary/aromatic N) is 4. The van der Waals surface area contributed by atoms with Crippen molar-refractivity contribution in [3.05, 3.63) is 169 Å². The smallest absolute Gasteiger partial charge is 0.101 e. The van der Waals surface area contributed by atoms with Crippen LogP contribution in [0.5, 0.6) is 0 Å². The highest BCUT2D eigenvalue weighted by molar-refractivity contribution is 6.12. The van der Waals surface area contributed by atoms with E-state index in [9.17, 15) is 10.5 Å². The number of nitriles is 2. The second-order valence-corrected chi connectivity index (χ2v) is 11.9. The van der Waals surface area contributed by atoms with Gasteiger partial charge in [-0.15, -0.1) is 0 Å². The first-order valence-corrected chi connectivity index (χ1v) is 15.9. The van der Waals surface area contributed by atoms with Crippen molar-refractivity contribution >= 4 is 43.6 Å². The van der Waals surface area contributed by atoms with Crippen molar-refractivity contribution in [2.24, 2.45) is 0 Å². The van der Waals surface area contributed by atoms with Crippen LogP contribution in [0.25, 0.3) is 77.2 Å². The van der Waals surface area contributed by atoms with E-state index in [2.05, 4.69) is 143 Å². The predicted octanol–water partition coefficient (Wildman–Crippen LogP) is 11.0. The van der Waals surface area contributed by atoms with Crippen molar-refractivity contribution in [2.45, 2.75) is 0 Å². The number of hydrogen-bond acceptors (Lipinski definition) is 2. The first-order valence-electron chi connectivity index (χ1n) is 15.9. The van der Waals surface area contributed by atoms with Crippen molar-refractivity contribution in [3.8, 4) is 45.8 Å². The number of benzene rings is 7. The summed E-state index contributed by atoms with van der Waals surface area (Å²) in [4.78, 5) is 0. The summed E-state index contributed by atoms with van der Waals surface area (Å²) in [7, 11) is 0. The first-order chi connectivity index (χ1) is 23.8. The van der Waals surface area contributed by atoms with Crippen LogP contribution in [0.2, 0.25) is 0 Å². The van der Waals surface area contributed by atoms with E-state index < -0.39 is 0 Å². The monoisotopic (exact) mass is 610 g/mol. The summed E-state index contributed by atoms with van der Waals surface area (Å²) in [5, 5.41) is 24.8. The Morgan fingerprint density at radius 3 is 1.62 bits per heavy atom.